The molecule has 0 aliphatic carbocycles. The van der Waals surface area contributed by atoms with E-state index in [1.165, 1.54) is 12.2 Å². The van der Waals surface area contributed by atoms with Crippen molar-refractivity contribution in [2.45, 2.75) is 6.92 Å². The van der Waals surface area contributed by atoms with E-state index in [4.69, 9.17) is 0 Å². The second kappa shape index (κ2) is 3.06. The number of nitrogens with zero attached hydrogens (tertiary/aromatic N) is 2. The summed E-state index contributed by atoms with van der Waals surface area (Å²) in [4.78, 5) is 4.66. The van der Waals surface area contributed by atoms with Crippen LogP contribution in [-0.4, -0.2) is 43.5 Å². The largest absolute Gasteiger partial charge is 0.376 e. The second-order valence-corrected chi connectivity index (χ2v) is 2.94. The summed E-state index contributed by atoms with van der Waals surface area (Å²) in [7, 11) is 4.32. The van der Waals surface area contributed by atoms with Crippen molar-refractivity contribution in [2.24, 2.45) is 0 Å². The summed E-state index contributed by atoms with van der Waals surface area (Å²) in [5.74, 6) is 0. The summed E-state index contributed by atoms with van der Waals surface area (Å²) in [6.07, 6.45) is 2.19. The third kappa shape index (κ3) is 1.51. The van der Waals surface area contributed by atoms with E-state index in [1.807, 2.05) is 0 Å². The van der Waals surface area contributed by atoms with Crippen LogP contribution in [0.2, 0.25) is 0 Å². The summed E-state index contributed by atoms with van der Waals surface area (Å²) >= 11 is 0. The number of hydrogen-bond acceptors (Lipinski definition) is 2. The molecule has 2 nitrogen and oxygen atoms in total. The minimum Gasteiger partial charge on any atom is -0.376 e. The summed E-state index contributed by atoms with van der Waals surface area (Å²) in [6, 6.07) is 0. The number of rotatable bonds is 0. The summed E-state index contributed by atoms with van der Waals surface area (Å²) in [5, 5.41) is 0. The van der Waals surface area contributed by atoms with Crippen LogP contribution in [-0.2, 0) is 0 Å². The van der Waals surface area contributed by atoms with Gasteiger partial charge in [0.25, 0.3) is 0 Å². The molecule has 0 spiro atoms. The fourth-order valence-electron chi connectivity index (χ4n) is 1.25. The molecule has 10 heavy (non-hydrogen) atoms. The van der Waals surface area contributed by atoms with Crippen molar-refractivity contribution in [2.75, 3.05) is 33.7 Å². The summed E-state index contributed by atoms with van der Waals surface area (Å²) in [5.41, 5.74) is 1.44. The first-order valence-electron chi connectivity index (χ1n) is 3.79. The molecule has 1 aliphatic rings. The Balaban J connectivity index is 2.54. The second-order valence-electron chi connectivity index (χ2n) is 2.94. The van der Waals surface area contributed by atoms with Gasteiger partial charge in [-0.25, -0.2) is 0 Å². The molecule has 1 fully saturated rings. The fraction of sp³-hybridized carbons (Fsp3) is 0.750. The first-order chi connectivity index (χ1) is 4.74. The standard InChI is InChI=1S/C8H16N2/c1-4-8-7-9(2)5-6-10(8)3/h4H,5-7H2,1-3H3/b8-4+. The molecule has 0 atom stereocenters. The molecule has 0 aromatic rings. The normalized spacial score (nSPS) is 25.9. The van der Waals surface area contributed by atoms with E-state index in [0.717, 1.165) is 13.1 Å². The summed E-state index contributed by atoms with van der Waals surface area (Å²) in [6.45, 7) is 5.56. The molecule has 0 N–H and O–H groups in total. The third-order valence-corrected chi connectivity index (χ3v) is 2.07. The average Bonchev–Trinajstić information content (AvgIpc) is 1.94. The Hall–Kier alpha value is -0.500. The van der Waals surface area contributed by atoms with Crippen LogP contribution < -0.4 is 0 Å². The monoisotopic (exact) mass is 140 g/mol. The SMILES string of the molecule is C/C=C1\CN(C)CCN1C. The molecule has 2 heteroatoms. The molecule has 0 aromatic heterocycles. The van der Waals surface area contributed by atoms with Gasteiger partial charge in [0.15, 0.2) is 0 Å². The predicted molar refractivity (Wildman–Crippen MR) is 43.9 cm³/mol. The highest BCUT2D eigenvalue weighted by Crippen LogP contribution is 2.08. The molecule has 1 rings (SSSR count). The highest BCUT2D eigenvalue weighted by atomic mass is 15.2. The van der Waals surface area contributed by atoms with E-state index in [-0.39, 0.29) is 0 Å². The molecule has 0 bridgehead atoms. The van der Waals surface area contributed by atoms with Crippen molar-refractivity contribution in [3.05, 3.63) is 11.8 Å². The maximum absolute atomic E-state index is 2.34. The van der Waals surface area contributed by atoms with Gasteiger partial charge in [0.05, 0.1) is 0 Å². The average molecular weight is 140 g/mol. The zero-order chi connectivity index (χ0) is 7.56. The molecule has 0 radical (unpaired) electrons. The lowest BCUT2D eigenvalue weighted by Crippen LogP contribution is -2.40. The van der Waals surface area contributed by atoms with Crippen LogP contribution in [0, 0.1) is 0 Å². The first-order valence-corrected chi connectivity index (χ1v) is 3.79. The van der Waals surface area contributed by atoms with Gasteiger partial charge in [0, 0.05) is 32.4 Å². The Labute approximate surface area is 63.1 Å². The number of allylic oxidation sites excluding steroid dienone is 1. The van der Waals surface area contributed by atoms with Gasteiger partial charge in [-0.3, -0.25) is 4.90 Å². The Morgan fingerprint density at radius 3 is 2.50 bits per heavy atom. The van der Waals surface area contributed by atoms with Gasteiger partial charge in [0.2, 0.25) is 0 Å². The van der Waals surface area contributed by atoms with Gasteiger partial charge in [0.1, 0.15) is 0 Å². The van der Waals surface area contributed by atoms with Crippen molar-refractivity contribution in [1.29, 1.82) is 0 Å². The van der Waals surface area contributed by atoms with Crippen molar-refractivity contribution in [3.8, 4) is 0 Å². The lowest BCUT2D eigenvalue weighted by atomic mass is 10.3. The minimum absolute atomic E-state index is 1.10. The Kier molecular flexibility index (Phi) is 2.33. The van der Waals surface area contributed by atoms with Gasteiger partial charge in [-0.05, 0) is 14.0 Å². The van der Waals surface area contributed by atoms with Crippen molar-refractivity contribution in [3.63, 3.8) is 0 Å². The maximum atomic E-state index is 2.34. The van der Waals surface area contributed by atoms with E-state index in [1.54, 1.807) is 0 Å². The zero-order valence-corrected chi connectivity index (χ0v) is 7.09. The molecule has 58 valence electrons. The first kappa shape index (κ1) is 7.61. The molecule has 0 aromatic carbocycles. The van der Waals surface area contributed by atoms with Crippen molar-refractivity contribution >= 4 is 0 Å². The topological polar surface area (TPSA) is 6.48 Å². The Morgan fingerprint density at radius 2 is 2.00 bits per heavy atom. The van der Waals surface area contributed by atoms with E-state index in [0.29, 0.717) is 0 Å². The van der Waals surface area contributed by atoms with Gasteiger partial charge in [-0.15, -0.1) is 0 Å². The molecule has 0 amide bonds. The molecular formula is C8H16N2. The van der Waals surface area contributed by atoms with Crippen LogP contribution in [0.5, 0.6) is 0 Å². The number of piperazine rings is 1. The van der Waals surface area contributed by atoms with Gasteiger partial charge < -0.3 is 4.90 Å². The fourth-order valence-corrected chi connectivity index (χ4v) is 1.25. The lowest BCUT2D eigenvalue weighted by Gasteiger charge is -2.33. The lowest BCUT2D eigenvalue weighted by molar-refractivity contribution is 0.229. The third-order valence-electron chi connectivity index (χ3n) is 2.07. The van der Waals surface area contributed by atoms with Gasteiger partial charge in [-0.1, -0.05) is 6.08 Å². The Bertz CT molecular complexity index is 140. The van der Waals surface area contributed by atoms with E-state index >= 15 is 0 Å². The predicted octanol–water partition coefficient (Wildman–Crippen LogP) is 0.767. The maximum Gasteiger partial charge on any atom is 0.0378 e. The van der Waals surface area contributed by atoms with E-state index < -0.39 is 0 Å². The highest BCUT2D eigenvalue weighted by molar-refractivity contribution is 5.03. The van der Waals surface area contributed by atoms with E-state index in [2.05, 4.69) is 36.9 Å². The molecular weight excluding hydrogens is 124 g/mol. The molecule has 0 saturated carbocycles. The number of hydrogen-bond donors (Lipinski definition) is 0. The van der Waals surface area contributed by atoms with Crippen molar-refractivity contribution < 1.29 is 0 Å². The van der Waals surface area contributed by atoms with Crippen LogP contribution in [0.3, 0.4) is 0 Å². The molecule has 1 aliphatic heterocycles. The van der Waals surface area contributed by atoms with Crippen LogP contribution >= 0.6 is 0 Å². The number of likely N-dealkylation sites (N-methyl/N-ethyl adjacent to an activating group) is 2. The minimum atomic E-state index is 1.10. The van der Waals surface area contributed by atoms with Crippen LogP contribution in [0.4, 0.5) is 0 Å². The van der Waals surface area contributed by atoms with Crippen LogP contribution in [0.15, 0.2) is 11.8 Å². The van der Waals surface area contributed by atoms with E-state index in [9.17, 15) is 0 Å². The smallest absolute Gasteiger partial charge is 0.0378 e. The van der Waals surface area contributed by atoms with Crippen LogP contribution in [0.25, 0.3) is 0 Å². The quantitative estimate of drug-likeness (QED) is 0.490. The molecule has 1 saturated heterocycles. The Morgan fingerprint density at radius 1 is 1.30 bits per heavy atom. The van der Waals surface area contributed by atoms with Gasteiger partial charge in [-0.2, -0.15) is 0 Å². The van der Waals surface area contributed by atoms with Gasteiger partial charge >= 0.3 is 0 Å². The highest BCUT2D eigenvalue weighted by Gasteiger charge is 2.12. The zero-order valence-electron chi connectivity index (χ0n) is 7.09. The molecule has 1 heterocycles. The molecule has 0 unspecified atom stereocenters. The van der Waals surface area contributed by atoms with Crippen LogP contribution in [0.1, 0.15) is 6.92 Å². The summed E-state index contributed by atoms with van der Waals surface area (Å²) < 4.78 is 0. The van der Waals surface area contributed by atoms with Crippen molar-refractivity contribution in [1.82, 2.24) is 9.80 Å².